The van der Waals surface area contributed by atoms with Crippen molar-refractivity contribution in [3.8, 4) is 0 Å². The fourth-order valence-electron chi connectivity index (χ4n) is 2.20. The Morgan fingerprint density at radius 2 is 2.15 bits per heavy atom. The molecule has 1 aliphatic heterocycles. The lowest BCUT2D eigenvalue weighted by atomic mass is 10.1. The smallest absolute Gasteiger partial charge is 0.226 e. The normalized spacial score (nSPS) is 16.1. The van der Waals surface area contributed by atoms with E-state index in [0.717, 1.165) is 32.8 Å². The van der Waals surface area contributed by atoms with Crippen LogP contribution in [0.3, 0.4) is 0 Å². The molecule has 0 N–H and O–H groups in total. The molecule has 1 aromatic rings. The molecule has 5 heteroatoms. The van der Waals surface area contributed by atoms with Crippen molar-refractivity contribution in [2.24, 2.45) is 0 Å². The van der Waals surface area contributed by atoms with Gasteiger partial charge in [0.25, 0.3) is 0 Å². The summed E-state index contributed by atoms with van der Waals surface area (Å²) in [7, 11) is 1.79. The second-order valence-electron chi connectivity index (χ2n) is 5.08. The van der Waals surface area contributed by atoms with Gasteiger partial charge < -0.3 is 9.64 Å². The van der Waals surface area contributed by atoms with E-state index < -0.39 is 0 Å². The monoisotopic (exact) mass is 280 g/mol. The van der Waals surface area contributed by atoms with Crippen molar-refractivity contribution < 1.29 is 13.9 Å². The van der Waals surface area contributed by atoms with Gasteiger partial charge in [-0.25, -0.2) is 4.39 Å². The van der Waals surface area contributed by atoms with Crippen LogP contribution in [-0.2, 0) is 16.0 Å². The van der Waals surface area contributed by atoms with Gasteiger partial charge in [0, 0.05) is 33.2 Å². The average Bonchev–Trinajstić information content (AvgIpc) is 2.46. The Morgan fingerprint density at radius 1 is 1.40 bits per heavy atom. The maximum absolute atomic E-state index is 13.1. The van der Waals surface area contributed by atoms with Gasteiger partial charge in [-0.3, -0.25) is 9.69 Å². The summed E-state index contributed by atoms with van der Waals surface area (Å²) >= 11 is 0. The number of ether oxygens (including phenoxy) is 1. The molecule has 0 atom stereocenters. The highest BCUT2D eigenvalue weighted by molar-refractivity contribution is 5.78. The zero-order valence-electron chi connectivity index (χ0n) is 11.8. The molecule has 0 spiro atoms. The van der Waals surface area contributed by atoms with Gasteiger partial charge in [0.2, 0.25) is 5.91 Å². The Morgan fingerprint density at radius 3 is 2.85 bits per heavy atom. The number of likely N-dealkylation sites (N-methyl/N-ethyl adjacent to an activating group) is 1. The lowest BCUT2D eigenvalue weighted by Crippen LogP contribution is -2.42. The van der Waals surface area contributed by atoms with Crippen LogP contribution in [0.5, 0.6) is 0 Å². The third-order valence-electron chi connectivity index (χ3n) is 3.53. The Hall–Kier alpha value is -1.46. The Bertz CT molecular complexity index is 447. The largest absolute Gasteiger partial charge is 0.379 e. The van der Waals surface area contributed by atoms with Crippen molar-refractivity contribution in [2.75, 3.05) is 46.4 Å². The van der Waals surface area contributed by atoms with E-state index >= 15 is 0 Å². The molecule has 1 saturated heterocycles. The Labute approximate surface area is 119 Å². The summed E-state index contributed by atoms with van der Waals surface area (Å²) in [6.45, 7) is 4.92. The molecule has 1 amide bonds. The quantitative estimate of drug-likeness (QED) is 0.811. The molecular formula is C15H21FN2O2. The van der Waals surface area contributed by atoms with Crippen molar-refractivity contribution in [2.45, 2.75) is 6.42 Å². The number of nitrogens with zero attached hydrogens (tertiary/aromatic N) is 2. The van der Waals surface area contributed by atoms with Crippen LogP contribution in [-0.4, -0.2) is 62.1 Å². The molecule has 0 unspecified atom stereocenters. The molecule has 20 heavy (non-hydrogen) atoms. The van der Waals surface area contributed by atoms with Crippen LogP contribution in [0.1, 0.15) is 5.56 Å². The standard InChI is InChI=1S/C15H21FN2O2/c1-17(5-6-18-7-9-20-10-8-18)15(19)12-13-3-2-4-14(16)11-13/h2-4,11H,5-10,12H2,1H3. The molecule has 2 rings (SSSR count). The predicted molar refractivity (Wildman–Crippen MR) is 75.0 cm³/mol. The molecule has 1 aliphatic rings. The molecule has 0 aliphatic carbocycles. The van der Waals surface area contributed by atoms with Gasteiger partial charge in [-0.2, -0.15) is 0 Å². The number of amides is 1. The van der Waals surface area contributed by atoms with Crippen LogP contribution in [0, 0.1) is 5.82 Å². The number of hydrogen-bond donors (Lipinski definition) is 0. The second-order valence-corrected chi connectivity index (χ2v) is 5.08. The van der Waals surface area contributed by atoms with Crippen molar-refractivity contribution in [3.63, 3.8) is 0 Å². The van der Waals surface area contributed by atoms with Crippen LogP contribution in [0.25, 0.3) is 0 Å². The van der Waals surface area contributed by atoms with E-state index in [0.29, 0.717) is 12.1 Å². The molecule has 1 fully saturated rings. The molecule has 1 aromatic carbocycles. The molecule has 0 saturated carbocycles. The zero-order chi connectivity index (χ0) is 14.4. The number of benzene rings is 1. The number of rotatable bonds is 5. The van der Waals surface area contributed by atoms with Gasteiger partial charge >= 0.3 is 0 Å². The van der Waals surface area contributed by atoms with E-state index in [4.69, 9.17) is 4.74 Å². The second kappa shape index (κ2) is 7.36. The summed E-state index contributed by atoms with van der Waals surface area (Å²) in [6.07, 6.45) is 0.247. The first-order chi connectivity index (χ1) is 9.65. The SMILES string of the molecule is CN(CCN1CCOCC1)C(=O)Cc1cccc(F)c1. The summed E-state index contributed by atoms with van der Waals surface area (Å²) < 4.78 is 18.4. The van der Waals surface area contributed by atoms with Gasteiger partial charge in [0.1, 0.15) is 5.82 Å². The van der Waals surface area contributed by atoms with Crippen LogP contribution in [0.2, 0.25) is 0 Å². The van der Waals surface area contributed by atoms with Crippen LogP contribution in [0.15, 0.2) is 24.3 Å². The highest BCUT2D eigenvalue weighted by Crippen LogP contribution is 2.06. The van der Waals surface area contributed by atoms with Crippen LogP contribution in [0.4, 0.5) is 4.39 Å². The van der Waals surface area contributed by atoms with E-state index in [9.17, 15) is 9.18 Å². The minimum atomic E-state index is -0.300. The zero-order valence-corrected chi connectivity index (χ0v) is 11.8. The number of morpholine rings is 1. The van der Waals surface area contributed by atoms with Gasteiger partial charge in [0.05, 0.1) is 19.6 Å². The van der Waals surface area contributed by atoms with E-state index in [1.807, 2.05) is 0 Å². The van der Waals surface area contributed by atoms with Crippen molar-refractivity contribution in [1.82, 2.24) is 9.80 Å². The maximum Gasteiger partial charge on any atom is 0.226 e. The van der Waals surface area contributed by atoms with Gasteiger partial charge in [-0.15, -0.1) is 0 Å². The fraction of sp³-hybridized carbons (Fsp3) is 0.533. The number of carbonyl (C=O) groups is 1. The maximum atomic E-state index is 13.1. The first-order valence-electron chi connectivity index (χ1n) is 6.93. The minimum absolute atomic E-state index is 0.0175. The third-order valence-corrected chi connectivity index (χ3v) is 3.53. The first kappa shape index (κ1) is 14.9. The highest BCUT2D eigenvalue weighted by Gasteiger charge is 2.14. The summed E-state index contributed by atoms with van der Waals surface area (Å²) in [5.41, 5.74) is 0.716. The third kappa shape index (κ3) is 4.58. The number of halogens is 1. The summed E-state index contributed by atoms with van der Waals surface area (Å²) in [5, 5.41) is 0. The molecule has 0 aromatic heterocycles. The number of hydrogen-bond acceptors (Lipinski definition) is 3. The lowest BCUT2D eigenvalue weighted by molar-refractivity contribution is -0.129. The topological polar surface area (TPSA) is 32.8 Å². The Kier molecular flexibility index (Phi) is 5.49. The van der Waals surface area contributed by atoms with E-state index in [-0.39, 0.29) is 18.1 Å². The van der Waals surface area contributed by atoms with E-state index in [1.54, 1.807) is 24.1 Å². The van der Waals surface area contributed by atoms with Crippen molar-refractivity contribution in [1.29, 1.82) is 0 Å². The molecule has 4 nitrogen and oxygen atoms in total. The summed E-state index contributed by atoms with van der Waals surface area (Å²) in [6, 6.07) is 6.20. The molecule has 0 radical (unpaired) electrons. The fourth-order valence-corrected chi connectivity index (χ4v) is 2.20. The van der Waals surface area contributed by atoms with E-state index in [1.165, 1.54) is 12.1 Å². The van der Waals surface area contributed by atoms with Crippen LogP contribution < -0.4 is 0 Å². The van der Waals surface area contributed by atoms with Gasteiger partial charge in [-0.05, 0) is 17.7 Å². The number of carbonyl (C=O) groups excluding carboxylic acids is 1. The van der Waals surface area contributed by atoms with Crippen molar-refractivity contribution >= 4 is 5.91 Å². The highest BCUT2D eigenvalue weighted by atomic mass is 19.1. The van der Waals surface area contributed by atoms with Gasteiger partial charge in [-0.1, -0.05) is 12.1 Å². The van der Waals surface area contributed by atoms with Crippen LogP contribution >= 0.6 is 0 Å². The lowest BCUT2D eigenvalue weighted by Gasteiger charge is -2.28. The molecular weight excluding hydrogens is 259 g/mol. The molecule has 1 heterocycles. The summed E-state index contributed by atoms with van der Waals surface area (Å²) in [5.74, 6) is -0.282. The molecule has 0 bridgehead atoms. The van der Waals surface area contributed by atoms with Crippen molar-refractivity contribution in [3.05, 3.63) is 35.6 Å². The Balaban J connectivity index is 1.76. The predicted octanol–water partition coefficient (Wildman–Crippen LogP) is 1.16. The first-order valence-corrected chi connectivity index (χ1v) is 6.93. The minimum Gasteiger partial charge on any atom is -0.379 e. The average molecular weight is 280 g/mol. The molecule has 110 valence electrons. The van der Waals surface area contributed by atoms with Gasteiger partial charge in [0.15, 0.2) is 0 Å². The summed E-state index contributed by atoms with van der Waals surface area (Å²) in [4.78, 5) is 16.1. The van der Waals surface area contributed by atoms with E-state index in [2.05, 4.69) is 4.90 Å².